The quantitative estimate of drug-likeness (QED) is 0.730. The summed E-state index contributed by atoms with van der Waals surface area (Å²) in [6, 6.07) is 13.6. The van der Waals surface area contributed by atoms with Crippen LogP contribution in [-0.4, -0.2) is 9.55 Å². The first-order chi connectivity index (χ1) is 10.7. The van der Waals surface area contributed by atoms with Crippen LogP contribution in [0.3, 0.4) is 0 Å². The summed E-state index contributed by atoms with van der Waals surface area (Å²) in [7, 11) is 0. The number of hydrogen-bond donors (Lipinski definition) is 0. The fraction of sp³-hybridized carbons (Fsp3) is 0.158. The van der Waals surface area contributed by atoms with Crippen molar-refractivity contribution < 1.29 is 0 Å². The Balaban J connectivity index is 2.31. The first kappa shape index (κ1) is 14.3. The maximum atomic E-state index is 12.8. The largest absolute Gasteiger partial charge is 0.305 e. The number of aromatic nitrogens is 2. The molecule has 0 amide bonds. The van der Waals surface area contributed by atoms with E-state index in [1.54, 1.807) is 4.57 Å². The molecule has 1 heterocycles. The first-order valence-electron chi connectivity index (χ1n) is 7.38. The molecule has 0 aliphatic rings. The molecule has 0 aliphatic carbocycles. The van der Waals surface area contributed by atoms with Crippen molar-refractivity contribution in [1.82, 2.24) is 9.55 Å². The van der Waals surface area contributed by atoms with Gasteiger partial charge in [-0.3, -0.25) is 4.79 Å². The molecule has 0 bridgehead atoms. The molecule has 0 atom stereocenters. The van der Waals surface area contributed by atoms with Gasteiger partial charge in [0, 0.05) is 12.1 Å². The van der Waals surface area contributed by atoms with Crippen molar-refractivity contribution in [3.63, 3.8) is 0 Å². The molecule has 22 heavy (non-hydrogen) atoms. The van der Waals surface area contributed by atoms with Crippen LogP contribution in [-0.2, 0) is 6.54 Å². The van der Waals surface area contributed by atoms with Gasteiger partial charge in [-0.1, -0.05) is 36.9 Å². The minimum atomic E-state index is -0.0491. The molecule has 0 fully saturated rings. The third-order valence-electron chi connectivity index (χ3n) is 3.93. The van der Waals surface area contributed by atoms with Crippen LogP contribution in [0, 0.1) is 6.92 Å². The van der Waals surface area contributed by atoms with E-state index < -0.39 is 0 Å². The lowest BCUT2D eigenvalue weighted by Gasteiger charge is -2.11. The van der Waals surface area contributed by atoms with Gasteiger partial charge in [0.05, 0.1) is 11.0 Å². The van der Waals surface area contributed by atoms with E-state index in [2.05, 4.69) is 11.6 Å². The van der Waals surface area contributed by atoms with Crippen molar-refractivity contribution in [2.45, 2.75) is 20.4 Å². The molecule has 0 saturated heterocycles. The zero-order chi connectivity index (χ0) is 15.7. The van der Waals surface area contributed by atoms with Gasteiger partial charge in [-0.15, -0.1) is 0 Å². The van der Waals surface area contributed by atoms with E-state index in [0.717, 1.165) is 27.7 Å². The van der Waals surface area contributed by atoms with E-state index in [4.69, 9.17) is 0 Å². The summed E-state index contributed by atoms with van der Waals surface area (Å²) < 4.78 is 1.77. The van der Waals surface area contributed by atoms with Crippen LogP contribution in [0.2, 0.25) is 0 Å². The lowest BCUT2D eigenvalue weighted by Crippen LogP contribution is -2.22. The third kappa shape index (κ3) is 2.25. The molecular weight excluding hydrogens is 272 g/mol. The normalized spacial score (nSPS) is 10.8. The fourth-order valence-electron chi connectivity index (χ4n) is 2.75. The predicted molar refractivity (Wildman–Crippen MR) is 91.9 cm³/mol. The Hall–Kier alpha value is -2.68. The van der Waals surface area contributed by atoms with Gasteiger partial charge < -0.3 is 4.57 Å². The van der Waals surface area contributed by atoms with Crippen LogP contribution in [0.5, 0.6) is 0 Å². The maximum absolute atomic E-state index is 12.8. The van der Waals surface area contributed by atoms with Gasteiger partial charge in [-0.2, -0.15) is 0 Å². The Morgan fingerprint density at radius 1 is 1.23 bits per heavy atom. The molecule has 3 heteroatoms. The summed E-state index contributed by atoms with van der Waals surface area (Å²) in [6.07, 6.45) is 1.82. The van der Waals surface area contributed by atoms with Crippen LogP contribution in [0.1, 0.15) is 18.1 Å². The lowest BCUT2D eigenvalue weighted by atomic mass is 10.0. The van der Waals surface area contributed by atoms with Gasteiger partial charge in [-0.05, 0) is 43.2 Å². The number of benzene rings is 2. The summed E-state index contributed by atoms with van der Waals surface area (Å²) in [5.41, 5.74) is 5.17. The smallest absolute Gasteiger partial charge is 0.277 e. The molecule has 0 N–H and O–H groups in total. The molecule has 3 rings (SSSR count). The molecule has 0 unspecified atom stereocenters. The maximum Gasteiger partial charge on any atom is 0.277 e. The summed E-state index contributed by atoms with van der Waals surface area (Å²) in [5, 5.41) is 0. The second-order valence-corrected chi connectivity index (χ2v) is 5.27. The van der Waals surface area contributed by atoms with Crippen LogP contribution in [0.4, 0.5) is 0 Å². The molecule has 3 nitrogen and oxygen atoms in total. The van der Waals surface area contributed by atoms with Crippen LogP contribution < -0.4 is 5.56 Å². The number of rotatable bonds is 3. The Bertz CT molecular complexity index is 922. The molecule has 0 radical (unpaired) electrons. The molecule has 110 valence electrons. The van der Waals surface area contributed by atoms with Gasteiger partial charge in [-0.25, -0.2) is 4.98 Å². The van der Waals surface area contributed by atoms with Crippen molar-refractivity contribution in [2.75, 3.05) is 0 Å². The zero-order valence-corrected chi connectivity index (χ0v) is 12.8. The highest BCUT2D eigenvalue weighted by Crippen LogP contribution is 2.21. The number of para-hydroxylation sites is 2. The van der Waals surface area contributed by atoms with E-state index in [9.17, 15) is 4.79 Å². The number of nitrogens with zero attached hydrogens (tertiary/aromatic N) is 2. The molecule has 0 saturated carbocycles. The average molecular weight is 290 g/mol. The van der Waals surface area contributed by atoms with Crippen molar-refractivity contribution in [2.24, 2.45) is 0 Å². The first-order valence-corrected chi connectivity index (χ1v) is 7.38. The van der Waals surface area contributed by atoms with Gasteiger partial charge in [0.1, 0.15) is 5.69 Å². The molecule has 0 aliphatic heterocycles. The Kier molecular flexibility index (Phi) is 3.63. The Morgan fingerprint density at radius 2 is 2.00 bits per heavy atom. The van der Waals surface area contributed by atoms with Gasteiger partial charge in [0.2, 0.25) is 0 Å². The molecule has 3 aromatic rings. The summed E-state index contributed by atoms with van der Waals surface area (Å²) in [6.45, 7) is 8.41. The fourth-order valence-corrected chi connectivity index (χ4v) is 2.75. The highest BCUT2D eigenvalue weighted by molar-refractivity contribution is 5.78. The summed E-state index contributed by atoms with van der Waals surface area (Å²) >= 11 is 0. The van der Waals surface area contributed by atoms with Gasteiger partial charge in [0.25, 0.3) is 5.56 Å². The van der Waals surface area contributed by atoms with Crippen molar-refractivity contribution in [1.29, 1.82) is 0 Å². The third-order valence-corrected chi connectivity index (χ3v) is 3.93. The summed E-state index contributed by atoms with van der Waals surface area (Å²) in [5.74, 6) is 0. The van der Waals surface area contributed by atoms with Crippen LogP contribution in [0.25, 0.3) is 28.4 Å². The standard InChI is InChI=1S/C19H18N2O/c1-4-14-10-11-15(12-13(14)3)18-19(22)21(5-2)17-9-7-6-8-16(17)20-18/h4,6-12H,1,5H2,2-3H3. The monoisotopic (exact) mass is 290 g/mol. The van der Waals surface area contributed by atoms with E-state index in [-0.39, 0.29) is 5.56 Å². The van der Waals surface area contributed by atoms with Crippen molar-refractivity contribution in [3.05, 3.63) is 70.5 Å². The average Bonchev–Trinajstić information content (AvgIpc) is 2.54. The van der Waals surface area contributed by atoms with E-state index in [1.807, 2.05) is 62.4 Å². The van der Waals surface area contributed by atoms with E-state index in [1.165, 1.54) is 0 Å². The van der Waals surface area contributed by atoms with E-state index in [0.29, 0.717) is 12.2 Å². The second kappa shape index (κ2) is 5.60. The molecule has 1 aromatic heterocycles. The summed E-state index contributed by atoms with van der Waals surface area (Å²) in [4.78, 5) is 17.4. The number of hydrogen-bond acceptors (Lipinski definition) is 2. The molecular formula is C19H18N2O. The highest BCUT2D eigenvalue weighted by Gasteiger charge is 2.12. The highest BCUT2D eigenvalue weighted by atomic mass is 16.1. The minimum Gasteiger partial charge on any atom is -0.305 e. The zero-order valence-electron chi connectivity index (χ0n) is 12.8. The molecule has 2 aromatic carbocycles. The van der Waals surface area contributed by atoms with Crippen LogP contribution >= 0.6 is 0 Å². The SMILES string of the molecule is C=Cc1ccc(-c2nc3ccccc3n(CC)c2=O)cc1C. The molecule has 0 spiro atoms. The topological polar surface area (TPSA) is 34.9 Å². The van der Waals surface area contributed by atoms with Crippen LogP contribution in [0.15, 0.2) is 53.8 Å². The van der Waals surface area contributed by atoms with Gasteiger partial charge in [0.15, 0.2) is 0 Å². The minimum absolute atomic E-state index is 0.0491. The second-order valence-electron chi connectivity index (χ2n) is 5.27. The predicted octanol–water partition coefficient (Wildman–Crippen LogP) is 4.03. The van der Waals surface area contributed by atoms with Crippen molar-refractivity contribution in [3.8, 4) is 11.3 Å². The van der Waals surface area contributed by atoms with Gasteiger partial charge >= 0.3 is 0 Å². The Labute approximate surface area is 129 Å². The Morgan fingerprint density at radius 3 is 2.68 bits per heavy atom. The lowest BCUT2D eigenvalue weighted by molar-refractivity contribution is 0.755. The van der Waals surface area contributed by atoms with E-state index >= 15 is 0 Å². The van der Waals surface area contributed by atoms with Crippen molar-refractivity contribution >= 4 is 17.1 Å². The number of fused-ring (bicyclic) bond motifs is 1. The number of aryl methyl sites for hydroxylation is 2.